The first-order chi connectivity index (χ1) is 16.3. The fourth-order valence-corrected chi connectivity index (χ4v) is 7.02. The van der Waals surface area contributed by atoms with Crippen LogP contribution in [0.4, 0.5) is 5.69 Å². The van der Waals surface area contributed by atoms with Crippen molar-refractivity contribution in [1.82, 2.24) is 0 Å². The molecule has 33 heavy (non-hydrogen) atoms. The minimum atomic E-state index is 0.364. The van der Waals surface area contributed by atoms with Gasteiger partial charge in [-0.3, -0.25) is 0 Å². The zero-order chi connectivity index (χ0) is 21.6. The highest BCUT2D eigenvalue weighted by atomic mass is 14.8. The molecule has 1 aliphatic heterocycles. The van der Waals surface area contributed by atoms with Crippen LogP contribution < -0.4 is 10.6 Å². The van der Waals surface area contributed by atoms with E-state index in [1.165, 1.54) is 92.5 Å². The Kier molecular flexibility index (Phi) is 3.45. The summed E-state index contributed by atoms with van der Waals surface area (Å²) in [4.78, 5) is 5.27. The lowest BCUT2D eigenvalue weighted by molar-refractivity contribution is 0.261. The molecule has 4 aliphatic rings. The maximum atomic E-state index is 5.27. The molecule has 1 saturated carbocycles. The fraction of sp³-hybridized carbons (Fsp3) is 0.219. The molecule has 4 aromatic carbocycles. The molecule has 8 rings (SSSR count). The third-order valence-electron chi connectivity index (χ3n) is 8.56. The number of hydrogen-bond donors (Lipinski definition) is 0. The van der Waals surface area contributed by atoms with Crippen LogP contribution in [0.5, 0.6) is 0 Å². The Morgan fingerprint density at radius 1 is 0.697 bits per heavy atom. The van der Waals surface area contributed by atoms with Crippen LogP contribution in [0.25, 0.3) is 33.2 Å². The summed E-state index contributed by atoms with van der Waals surface area (Å²) in [5.41, 5.74) is 5.85. The average molecular weight is 424 g/mol. The van der Waals surface area contributed by atoms with Crippen molar-refractivity contribution >= 4 is 38.9 Å². The van der Waals surface area contributed by atoms with E-state index >= 15 is 0 Å². The van der Waals surface area contributed by atoms with Crippen molar-refractivity contribution in [2.24, 2.45) is 10.4 Å². The number of rotatable bonds is 0. The van der Waals surface area contributed by atoms with Crippen molar-refractivity contribution in [3.8, 4) is 0 Å². The van der Waals surface area contributed by atoms with Crippen LogP contribution in [-0.2, 0) is 0 Å². The Morgan fingerprint density at radius 3 is 2.30 bits per heavy atom. The molecule has 0 saturated heterocycles. The van der Waals surface area contributed by atoms with Gasteiger partial charge >= 0.3 is 0 Å². The number of allylic oxidation sites excluding steroid dienone is 3. The summed E-state index contributed by atoms with van der Waals surface area (Å²) in [6.07, 6.45) is 15.4. The number of fused-ring (bicyclic) bond motifs is 10. The predicted octanol–water partition coefficient (Wildman–Crippen LogP) is 7.00. The number of nitrogens with zero attached hydrogens (tertiary/aromatic N) is 1. The first-order valence-electron chi connectivity index (χ1n) is 12.4. The summed E-state index contributed by atoms with van der Waals surface area (Å²) in [7, 11) is 0. The van der Waals surface area contributed by atoms with Crippen molar-refractivity contribution in [2.75, 3.05) is 0 Å². The van der Waals surface area contributed by atoms with Crippen LogP contribution in [0.1, 0.15) is 44.1 Å². The van der Waals surface area contributed by atoms with Gasteiger partial charge < -0.3 is 0 Å². The van der Waals surface area contributed by atoms with E-state index in [-0.39, 0.29) is 0 Å². The molecule has 1 heteroatoms. The van der Waals surface area contributed by atoms with E-state index in [4.69, 9.17) is 4.99 Å². The van der Waals surface area contributed by atoms with E-state index in [9.17, 15) is 0 Å². The second kappa shape index (κ2) is 6.32. The van der Waals surface area contributed by atoms with Crippen LogP contribution in [0.3, 0.4) is 0 Å². The molecule has 0 amide bonds. The zero-order valence-corrected chi connectivity index (χ0v) is 18.7. The minimum Gasteiger partial charge on any atom is -0.247 e. The third kappa shape index (κ3) is 2.35. The number of hydrogen-bond acceptors (Lipinski definition) is 1. The van der Waals surface area contributed by atoms with E-state index in [1.807, 2.05) is 0 Å². The molecule has 1 nitrogen and oxygen atoms in total. The highest BCUT2D eigenvalue weighted by Gasteiger charge is 2.36. The molecule has 0 aromatic heterocycles. The SMILES string of the molecule is C1=CC2(CCCCC2)CC2=c3c(c4c(c5ccccc35)=c3c(ccc5ccccc35)=N4)C=C12. The Labute approximate surface area is 192 Å². The fourth-order valence-electron chi connectivity index (χ4n) is 7.02. The van der Waals surface area contributed by atoms with Gasteiger partial charge in [-0.25, -0.2) is 4.99 Å². The highest BCUT2D eigenvalue weighted by molar-refractivity contribution is 6.01. The molecule has 0 unspecified atom stereocenters. The molecule has 1 spiro atoms. The van der Waals surface area contributed by atoms with Gasteiger partial charge in [0.2, 0.25) is 0 Å². The summed E-state index contributed by atoms with van der Waals surface area (Å²) in [5, 5.41) is 10.5. The molecule has 0 N–H and O–H groups in total. The maximum Gasteiger partial charge on any atom is 0.0801 e. The largest absolute Gasteiger partial charge is 0.247 e. The summed E-state index contributed by atoms with van der Waals surface area (Å²) in [5.74, 6) is 0. The van der Waals surface area contributed by atoms with Gasteiger partial charge in [-0.1, -0.05) is 86.0 Å². The van der Waals surface area contributed by atoms with Crippen molar-refractivity contribution in [2.45, 2.75) is 38.5 Å². The molecule has 3 aliphatic carbocycles. The van der Waals surface area contributed by atoms with Crippen LogP contribution in [0.2, 0.25) is 0 Å². The van der Waals surface area contributed by atoms with Gasteiger partial charge in [0.1, 0.15) is 0 Å². The molecular formula is C32H25N. The molecule has 4 aromatic rings. The van der Waals surface area contributed by atoms with E-state index in [2.05, 4.69) is 78.9 Å². The van der Waals surface area contributed by atoms with Gasteiger partial charge in [-0.15, -0.1) is 0 Å². The van der Waals surface area contributed by atoms with Gasteiger partial charge in [0, 0.05) is 16.0 Å². The Bertz CT molecular complexity index is 1810. The molecule has 1 heterocycles. The van der Waals surface area contributed by atoms with Gasteiger partial charge in [0.05, 0.1) is 11.0 Å². The van der Waals surface area contributed by atoms with E-state index in [0.717, 1.165) is 5.36 Å². The minimum absolute atomic E-state index is 0.364. The first kappa shape index (κ1) is 18.0. The lowest BCUT2D eigenvalue weighted by Gasteiger charge is -2.38. The zero-order valence-electron chi connectivity index (χ0n) is 18.7. The summed E-state index contributed by atoms with van der Waals surface area (Å²) >= 11 is 0. The van der Waals surface area contributed by atoms with Crippen LogP contribution in [0, 0.1) is 15.9 Å². The van der Waals surface area contributed by atoms with Gasteiger partial charge in [-0.2, -0.15) is 0 Å². The van der Waals surface area contributed by atoms with Crippen molar-refractivity contribution in [3.05, 3.63) is 105 Å². The van der Waals surface area contributed by atoms with Gasteiger partial charge in [-0.05, 0) is 74.7 Å². The normalized spacial score (nSPS) is 19.3. The van der Waals surface area contributed by atoms with E-state index in [0.29, 0.717) is 5.41 Å². The summed E-state index contributed by atoms with van der Waals surface area (Å²) in [6, 6.07) is 22.2. The van der Waals surface area contributed by atoms with Crippen LogP contribution >= 0.6 is 0 Å². The molecule has 0 atom stereocenters. The molecule has 0 bridgehead atoms. The Hall–Kier alpha value is -3.45. The lowest BCUT2D eigenvalue weighted by atomic mass is 9.67. The molecular weight excluding hydrogens is 398 g/mol. The second-order valence-electron chi connectivity index (χ2n) is 10.4. The third-order valence-corrected chi connectivity index (χ3v) is 8.56. The Balaban J connectivity index is 1.56. The molecule has 1 fully saturated rings. The smallest absolute Gasteiger partial charge is 0.0801 e. The van der Waals surface area contributed by atoms with E-state index in [1.54, 1.807) is 5.57 Å². The van der Waals surface area contributed by atoms with Crippen molar-refractivity contribution < 1.29 is 0 Å². The average Bonchev–Trinajstić information content (AvgIpc) is 3.44. The summed E-state index contributed by atoms with van der Waals surface area (Å²) in [6.45, 7) is 0. The standard InChI is InChI=1S/C32H25N/c1-6-15-32(16-7-1)17-14-21-18-25-28(26(21)19-32)23-10-4-5-11-24(23)30-29-22-9-3-2-8-20(22)12-13-27(29)33-31(25)30/h2-5,8-14,17-18H,1,6-7,15-16,19H2. The quantitative estimate of drug-likeness (QED) is 0.254. The predicted molar refractivity (Wildman–Crippen MR) is 137 cm³/mol. The van der Waals surface area contributed by atoms with E-state index < -0.39 is 0 Å². The van der Waals surface area contributed by atoms with Crippen molar-refractivity contribution in [3.63, 3.8) is 0 Å². The van der Waals surface area contributed by atoms with Gasteiger partial charge in [0.25, 0.3) is 0 Å². The lowest BCUT2D eigenvalue weighted by Crippen LogP contribution is -2.26. The Morgan fingerprint density at radius 2 is 1.45 bits per heavy atom. The first-order valence-corrected chi connectivity index (χ1v) is 12.4. The topological polar surface area (TPSA) is 12.4 Å². The molecule has 158 valence electrons. The summed E-state index contributed by atoms with van der Waals surface area (Å²) < 4.78 is 0. The highest BCUT2D eigenvalue weighted by Crippen LogP contribution is 2.49. The van der Waals surface area contributed by atoms with Crippen LogP contribution in [-0.4, -0.2) is 0 Å². The van der Waals surface area contributed by atoms with Gasteiger partial charge in [0.15, 0.2) is 0 Å². The maximum absolute atomic E-state index is 5.27. The van der Waals surface area contributed by atoms with Crippen molar-refractivity contribution in [1.29, 1.82) is 0 Å². The van der Waals surface area contributed by atoms with Crippen LogP contribution in [0.15, 0.2) is 83.4 Å². The molecule has 0 radical (unpaired) electrons. The number of benzene rings is 4. The monoisotopic (exact) mass is 423 g/mol. The second-order valence-corrected chi connectivity index (χ2v) is 10.4.